The number of nitrogens with zero attached hydrogens (tertiary/aromatic N) is 3. The second-order valence-corrected chi connectivity index (χ2v) is 7.10. The molecule has 0 aromatic carbocycles. The van der Waals surface area contributed by atoms with Gasteiger partial charge in [-0.05, 0) is 37.9 Å². The lowest BCUT2D eigenvalue weighted by Gasteiger charge is -2.28. The first-order valence-electron chi connectivity index (χ1n) is 9.70. The molecule has 1 fully saturated rings. The third kappa shape index (κ3) is 7.53. The summed E-state index contributed by atoms with van der Waals surface area (Å²) in [7, 11) is 1.60. The quantitative estimate of drug-likeness (QED) is 0.608. The van der Waals surface area contributed by atoms with Crippen LogP contribution < -0.4 is 10.1 Å². The van der Waals surface area contributed by atoms with Gasteiger partial charge in [-0.25, -0.2) is 0 Å². The molecule has 0 aliphatic carbocycles. The van der Waals surface area contributed by atoms with Crippen LogP contribution in [0.15, 0.2) is 24.5 Å². The van der Waals surface area contributed by atoms with E-state index in [9.17, 15) is 4.79 Å². The number of likely N-dealkylation sites (tertiary alicyclic amines) is 1. The van der Waals surface area contributed by atoms with Crippen LogP contribution in [0.3, 0.4) is 0 Å². The van der Waals surface area contributed by atoms with Gasteiger partial charge in [0.1, 0.15) is 5.75 Å². The van der Waals surface area contributed by atoms with E-state index < -0.39 is 0 Å². The third-order valence-electron chi connectivity index (χ3n) is 4.66. The summed E-state index contributed by atoms with van der Waals surface area (Å²) in [5.74, 6) is 1.53. The first kappa shape index (κ1) is 22.4. The van der Waals surface area contributed by atoms with Gasteiger partial charge in [0.2, 0.25) is 5.91 Å². The van der Waals surface area contributed by atoms with Crippen LogP contribution in [0.25, 0.3) is 11.3 Å². The minimum absolute atomic E-state index is 0.00340. The molecule has 29 heavy (non-hydrogen) atoms. The number of pyridine rings is 1. The molecule has 9 heteroatoms. The zero-order valence-corrected chi connectivity index (χ0v) is 16.9. The summed E-state index contributed by atoms with van der Waals surface area (Å²) in [6.07, 6.45) is 7.74. The summed E-state index contributed by atoms with van der Waals surface area (Å²) in [5, 5.41) is 16.9. The number of piperidine rings is 1. The number of H-pyrrole nitrogens is 1. The Morgan fingerprint density at radius 1 is 1.34 bits per heavy atom. The highest BCUT2D eigenvalue weighted by Gasteiger charge is 2.16. The van der Waals surface area contributed by atoms with Gasteiger partial charge in [-0.2, -0.15) is 5.10 Å². The largest absolute Gasteiger partial charge is 0.495 e. The van der Waals surface area contributed by atoms with Crippen molar-refractivity contribution in [2.45, 2.75) is 32.6 Å². The van der Waals surface area contributed by atoms with Gasteiger partial charge in [-0.3, -0.25) is 19.7 Å². The number of nitrogens with one attached hydrogen (secondary N) is 2. The number of hydrogen-bond acceptors (Lipinski definition) is 6. The number of carbonyl (C=O) groups is 2. The van der Waals surface area contributed by atoms with Crippen molar-refractivity contribution < 1.29 is 19.4 Å². The van der Waals surface area contributed by atoms with Crippen LogP contribution in [0.5, 0.6) is 5.75 Å². The highest BCUT2D eigenvalue weighted by atomic mass is 16.5. The number of aromatic nitrogens is 3. The maximum Gasteiger partial charge on any atom is 0.290 e. The van der Waals surface area contributed by atoms with Crippen LogP contribution in [0, 0.1) is 5.92 Å². The predicted molar refractivity (Wildman–Crippen MR) is 110 cm³/mol. The number of amides is 1. The smallest absolute Gasteiger partial charge is 0.290 e. The van der Waals surface area contributed by atoms with Crippen LogP contribution in [-0.2, 0) is 9.59 Å². The van der Waals surface area contributed by atoms with E-state index in [0.717, 1.165) is 30.9 Å². The molecule has 158 valence electrons. The van der Waals surface area contributed by atoms with E-state index >= 15 is 0 Å². The minimum Gasteiger partial charge on any atom is -0.495 e. The lowest BCUT2D eigenvalue weighted by atomic mass is 10.0. The summed E-state index contributed by atoms with van der Waals surface area (Å²) < 4.78 is 5.18. The molecule has 0 spiro atoms. The molecule has 3 rings (SSSR count). The lowest BCUT2D eigenvalue weighted by Crippen LogP contribution is -2.34. The first-order chi connectivity index (χ1) is 14.0. The third-order valence-corrected chi connectivity index (χ3v) is 4.66. The standard InChI is InChI=1S/C19H27N5O2.CH2O2/c1-14(13-24-6-4-3-5-7-24)8-19(25)21-18-10-17(22-23-18)15-9-16(26-2)12-20-11-15;2-1-3/h9-12,14H,3-8,13H2,1-2H3,(H2,21,22,23,25);1H,(H,2,3). The number of anilines is 1. The average Bonchev–Trinajstić information content (AvgIpc) is 3.17. The molecule has 1 aliphatic rings. The van der Waals surface area contributed by atoms with Crippen LogP contribution >= 0.6 is 0 Å². The van der Waals surface area contributed by atoms with Crippen LogP contribution in [-0.4, -0.2) is 64.3 Å². The Morgan fingerprint density at radius 3 is 2.76 bits per heavy atom. The first-order valence-corrected chi connectivity index (χ1v) is 9.70. The Labute approximate surface area is 170 Å². The van der Waals surface area contributed by atoms with Crippen molar-refractivity contribution in [2.75, 3.05) is 32.1 Å². The summed E-state index contributed by atoms with van der Waals surface area (Å²) in [4.78, 5) is 27.3. The van der Waals surface area contributed by atoms with E-state index in [-0.39, 0.29) is 12.4 Å². The Bertz CT molecular complexity index is 774. The van der Waals surface area contributed by atoms with E-state index in [1.165, 1.54) is 19.3 Å². The fourth-order valence-corrected chi connectivity index (χ4v) is 3.37. The van der Waals surface area contributed by atoms with E-state index in [4.69, 9.17) is 14.6 Å². The molecule has 9 nitrogen and oxygen atoms in total. The molecule has 1 amide bonds. The molecule has 0 radical (unpaired) electrons. The molecular formula is C20H29N5O4. The fourth-order valence-electron chi connectivity index (χ4n) is 3.37. The Hall–Kier alpha value is -2.94. The average molecular weight is 403 g/mol. The molecule has 0 bridgehead atoms. The van der Waals surface area contributed by atoms with Crippen molar-refractivity contribution in [3.05, 3.63) is 24.5 Å². The van der Waals surface area contributed by atoms with E-state index in [2.05, 4.69) is 32.3 Å². The molecule has 1 unspecified atom stereocenters. The van der Waals surface area contributed by atoms with E-state index in [0.29, 0.717) is 23.9 Å². The number of hydrogen-bond donors (Lipinski definition) is 3. The molecular weight excluding hydrogens is 374 g/mol. The topological polar surface area (TPSA) is 120 Å². The second-order valence-electron chi connectivity index (χ2n) is 7.10. The van der Waals surface area contributed by atoms with Gasteiger partial charge in [0.05, 0.1) is 19.0 Å². The molecule has 1 saturated heterocycles. The van der Waals surface area contributed by atoms with Gasteiger partial charge < -0.3 is 20.1 Å². The molecule has 2 aromatic rings. The molecule has 1 atom stereocenters. The van der Waals surface area contributed by atoms with Crippen molar-refractivity contribution in [3.8, 4) is 17.0 Å². The molecule has 1 aliphatic heterocycles. The van der Waals surface area contributed by atoms with Crippen LogP contribution in [0.4, 0.5) is 5.82 Å². The molecule has 2 aromatic heterocycles. The normalized spacial score (nSPS) is 15.0. The minimum atomic E-state index is -0.250. The number of rotatable bonds is 7. The number of aromatic amines is 1. The highest BCUT2D eigenvalue weighted by Crippen LogP contribution is 2.23. The van der Waals surface area contributed by atoms with Gasteiger partial charge in [-0.1, -0.05) is 13.3 Å². The van der Waals surface area contributed by atoms with Crippen molar-refractivity contribution in [1.82, 2.24) is 20.1 Å². The summed E-state index contributed by atoms with van der Waals surface area (Å²) in [6.45, 7) is 5.17. The van der Waals surface area contributed by atoms with Gasteiger partial charge in [-0.15, -0.1) is 0 Å². The number of methoxy groups -OCH3 is 1. The maximum atomic E-state index is 12.3. The lowest BCUT2D eigenvalue weighted by molar-refractivity contribution is -0.123. The fraction of sp³-hybridized carbons (Fsp3) is 0.500. The summed E-state index contributed by atoms with van der Waals surface area (Å²) in [5.41, 5.74) is 1.64. The Balaban J connectivity index is 0.000000941. The predicted octanol–water partition coefficient (Wildman–Crippen LogP) is 2.63. The zero-order valence-electron chi connectivity index (χ0n) is 16.9. The van der Waals surface area contributed by atoms with Crippen molar-refractivity contribution in [3.63, 3.8) is 0 Å². The SMILES string of the molecule is COc1cncc(-c2cc(NC(=O)CC(C)CN3CCCCC3)n[nH]2)c1.O=CO. The maximum absolute atomic E-state index is 12.3. The van der Waals surface area contributed by atoms with Gasteiger partial charge in [0, 0.05) is 30.8 Å². The van der Waals surface area contributed by atoms with Crippen molar-refractivity contribution >= 4 is 18.2 Å². The summed E-state index contributed by atoms with van der Waals surface area (Å²) in [6, 6.07) is 3.68. The second kappa shape index (κ2) is 11.8. The molecule has 3 N–H and O–H groups in total. The number of carboxylic acid groups (broad SMARTS) is 1. The highest BCUT2D eigenvalue weighted by molar-refractivity contribution is 5.90. The molecule has 0 saturated carbocycles. The van der Waals surface area contributed by atoms with Crippen LogP contribution in [0.2, 0.25) is 0 Å². The van der Waals surface area contributed by atoms with E-state index in [1.54, 1.807) is 19.5 Å². The van der Waals surface area contributed by atoms with Crippen molar-refractivity contribution in [2.24, 2.45) is 5.92 Å². The van der Waals surface area contributed by atoms with E-state index in [1.807, 2.05) is 12.1 Å². The Kier molecular flexibility index (Phi) is 9.10. The number of ether oxygens (including phenoxy) is 1. The summed E-state index contributed by atoms with van der Waals surface area (Å²) >= 11 is 0. The molecule has 3 heterocycles. The Morgan fingerprint density at radius 2 is 2.07 bits per heavy atom. The van der Waals surface area contributed by atoms with Crippen molar-refractivity contribution in [1.29, 1.82) is 0 Å². The van der Waals surface area contributed by atoms with Crippen LogP contribution in [0.1, 0.15) is 32.6 Å². The number of carbonyl (C=O) groups excluding carboxylic acids is 1. The zero-order chi connectivity index (χ0) is 21.1. The monoisotopic (exact) mass is 403 g/mol. The van der Waals surface area contributed by atoms with Gasteiger partial charge in [0.15, 0.2) is 5.82 Å². The van der Waals surface area contributed by atoms with Gasteiger partial charge in [0.25, 0.3) is 6.47 Å². The van der Waals surface area contributed by atoms with Gasteiger partial charge >= 0.3 is 0 Å².